The first-order valence-corrected chi connectivity index (χ1v) is 3.96. The molecule has 0 bridgehead atoms. The van der Waals surface area contributed by atoms with Gasteiger partial charge in [0.15, 0.2) is 0 Å². The number of hydrogen-bond acceptors (Lipinski definition) is 1. The zero-order chi connectivity index (χ0) is 8.77. The van der Waals surface area contributed by atoms with Crippen molar-refractivity contribution in [3.63, 3.8) is 0 Å². The lowest BCUT2D eigenvalue weighted by Gasteiger charge is -2.09. The maximum atomic E-state index is 9.41. The summed E-state index contributed by atoms with van der Waals surface area (Å²) in [4.78, 5) is 9.41. The Balaban J connectivity index is 2.66. The van der Waals surface area contributed by atoms with Crippen LogP contribution in [-0.4, -0.2) is 10.8 Å². The van der Waals surface area contributed by atoms with Gasteiger partial charge in [-0.3, -0.25) is 0 Å². The second-order valence-electron chi connectivity index (χ2n) is 3.46. The molecular formula is C10H11O2+. The molecule has 12 heavy (non-hydrogen) atoms. The second-order valence-corrected chi connectivity index (χ2v) is 3.46. The fraction of sp³-hybridized carbons (Fsp3) is 0.300. The third-order valence-electron chi connectivity index (χ3n) is 2.16. The first-order chi connectivity index (χ1) is 5.61. The van der Waals surface area contributed by atoms with Gasteiger partial charge in [-0.05, 0) is 6.07 Å². The molecule has 62 valence electrons. The molecule has 1 N–H and O–H groups in total. The summed E-state index contributed by atoms with van der Waals surface area (Å²) in [6.45, 7) is 3.88. The Morgan fingerprint density at radius 3 is 2.58 bits per heavy atom. The van der Waals surface area contributed by atoms with Crippen LogP contribution in [0.25, 0.3) is 0 Å². The van der Waals surface area contributed by atoms with E-state index < -0.39 is 0 Å². The Bertz CT molecular complexity index is 339. The molecule has 0 saturated heterocycles. The van der Waals surface area contributed by atoms with Crippen molar-refractivity contribution in [1.82, 2.24) is 0 Å². The molecule has 2 heteroatoms. The van der Waals surface area contributed by atoms with Crippen LogP contribution in [0.2, 0.25) is 0 Å². The van der Waals surface area contributed by atoms with Crippen molar-refractivity contribution in [2.45, 2.75) is 19.4 Å². The third-order valence-corrected chi connectivity index (χ3v) is 2.16. The minimum absolute atomic E-state index is 0.0376. The summed E-state index contributed by atoms with van der Waals surface area (Å²) >= 11 is 0. The van der Waals surface area contributed by atoms with Crippen molar-refractivity contribution < 1.29 is 9.53 Å². The number of fused-ring (bicyclic) bond motifs is 1. The van der Waals surface area contributed by atoms with Crippen LogP contribution in [-0.2, 0) is 10.3 Å². The fourth-order valence-corrected chi connectivity index (χ4v) is 1.55. The van der Waals surface area contributed by atoms with E-state index in [1.807, 2.05) is 38.1 Å². The molecule has 1 heterocycles. The van der Waals surface area contributed by atoms with Gasteiger partial charge in [0.1, 0.15) is 5.56 Å². The van der Waals surface area contributed by atoms with Crippen molar-refractivity contribution in [2.24, 2.45) is 0 Å². The molecule has 0 amide bonds. The lowest BCUT2D eigenvalue weighted by Crippen LogP contribution is -2.16. The van der Waals surface area contributed by atoms with E-state index in [0.717, 1.165) is 11.1 Å². The summed E-state index contributed by atoms with van der Waals surface area (Å²) in [5, 5.41) is 0. The standard InChI is InChI=1S/C10H10O2/c1-10(2)8-6-4-3-5-7(8)9(11)12-10/h3-6H,1-2H3/p+1. The number of cyclic esters (lactones) is 1. The second kappa shape index (κ2) is 2.09. The molecule has 1 aromatic carbocycles. The maximum Gasteiger partial charge on any atom is 0.519 e. The van der Waals surface area contributed by atoms with Gasteiger partial charge in [0.05, 0.1) is 0 Å². The number of benzene rings is 1. The van der Waals surface area contributed by atoms with Crippen molar-refractivity contribution >= 4 is 5.97 Å². The smallest absolute Gasteiger partial charge is 0.335 e. The summed E-state index contributed by atoms with van der Waals surface area (Å²) in [7, 11) is 0. The molecule has 0 fully saturated rings. The molecule has 1 aromatic rings. The van der Waals surface area contributed by atoms with E-state index in [2.05, 4.69) is 0 Å². The normalized spacial score (nSPS) is 18.7. The van der Waals surface area contributed by atoms with E-state index >= 15 is 0 Å². The Morgan fingerprint density at radius 2 is 1.92 bits per heavy atom. The minimum atomic E-state index is -0.388. The molecule has 0 unspecified atom stereocenters. The molecule has 1 aliphatic heterocycles. The van der Waals surface area contributed by atoms with Gasteiger partial charge in [0, 0.05) is 19.4 Å². The summed E-state index contributed by atoms with van der Waals surface area (Å²) in [5.41, 5.74) is 1.46. The van der Waals surface area contributed by atoms with Crippen LogP contribution in [0.15, 0.2) is 24.3 Å². The highest BCUT2D eigenvalue weighted by atomic mass is 16.6. The quantitative estimate of drug-likeness (QED) is 0.423. The van der Waals surface area contributed by atoms with Crippen LogP contribution in [0.5, 0.6) is 0 Å². The highest BCUT2D eigenvalue weighted by Gasteiger charge is 2.45. The summed E-state index contributed by atoms with van der Waals surface area (Å²) in [5.74, 6) is 0.0376. The largest absolute Gasteiger partial charge is 0.519 e. The molecule has 0 aromatic heterocycles. The minimum Gasteiger partial charge on any atom is -0.335 e. The summed E-state index contributed by atoms with van der Waals surface area (Å²) in [6, 6.07) is 7.67. The number of ether oxygens (including phenoxy) is 1. The predicted molar refractivity (Wildman–Crippen MR) is 46.6 cm³/mol. The van der Waals surface area contributed by atoms with Crippen LogP contribution in [0.4, 0.5) is 0 Å². The number of esters is 1. The highest BCUT2D eigenvalue weighted by molar-refractivity contribution is 5.95. The van der Waals surface area contributed by atoms with Crippen LogP contribution in [0.1, 0.15) is 25.0 Å². The van der Waals surface area contributed by atoms with Crippen molar-refractivity contribution in [1.29, 1.82) is 0 Å². The first kappa shape index (κ1) is 7.35. The monoisotopic (exact) mass is 163 g/mol. The van der Waals surface area contributed by atoms with Crippen LogP contribution >= 0.6 is 0 Å². The molecule has 2 rings (SSSR count). The Labute approximate surface area is 71.2 Å². The summed E-state index contributed by atoms with van der Waals surface area (Å²) in [6.07, 6.45) is 0. The van der Waals surface area contributed by atoms with E-state index in [4.69, 9.17) is 4.74 Å². The van der Waals surface area contributed by atoms with Crippen LogP contribution in [0.3, 0.4) is 0 Å². The molecule has 0 aliphatic carbocycles. The zero-order valence-electron chi connectivity index (χ0n) is 7.16. The molecule has 1 aliphatic rings. The van der Waals surface area contributed by atoms with Gasteiger partial charge in [0.2, 0.25) is 5.60 Å². The third kappa shape index (κ3) is 0.843. The molecular weight excluding hydrogens is 152 g/mol. The molecule has 0 radical (unpaired) electrons. The van der Waals surface area contributed by atoms with Crippen LogP contribution < -0.4 is 0 Å². The van der Waals surface area contributed by atoms with Gasteiger partial charge >= 0.3 is 5.97 Å². The fourth-order valence-electron chi connectivity index (χ4n) is 1.55. The van der Waals surface area contributed by atoms with Crippen molar-refractivity contribution in [2.75, 3.05) is 0 Å². The summed E-state index contributed by atoms with van der Waals surface area (Å²) < 4.78 is 5.29. The maximum absolute atomic E-state index is 9.41. The average Bonchev–Trinajstić information content (AvgIpc) is 2.25. The number of carbonyl (C=O) groups excluding carboxylic acids is 1. The predicted octanol–water partition coefficient (Wildman–Crippen LogP) is 1.80. The average molecular weight is 163 g/mol. The van der Waals surface area contributed by atoms with Gasteiger partial charge in [-0.2, -0.15) is 0 Å². The SMILES string of the molecule is CC1(C)OC(=[OH+])c2ccccc21. The van der Waals surface area contributed by atoms with Gasteiger partial charge in [0.25, 0.3) is 0 Å². The highest BCUT2D eigenvalue weighted by Crippen LogP contribution is 2.34. The lowest BCUT2D eigenvalue weighted by molar-refractivity contribution is 0.0989. The lowest BCUT2D eigenvalue weighted by atomic mass is 9.96. The Hall–Kier alpha value is -1.31. The van der Waals surface area contributed by atoms with Gasteiger partial charge in [-0.15, -0.1) is 0 Å². The van der Waals surface area contributed by atoms with E-state index in [1.165, 1.54) is 0 Å². The van der Waals surface area contributed by atoms with Gasteiger partial charge < -0.3 is 9.53 Å². The number of hydrogen-bond donors (Lipinski definition) is 0. The van der Waals surface area contributed by atoms with Gasteiger partial charge in [-0.25, -0.2) is 0 Å². The number of rotatable bonds is 0. The molecule has 0 saturated carbocycles. The zero-order valence-corrected chi connectivity index (χ0v) is 7.16. The van der Waals surface area contributed by atoms with Crippen molar-refractivity contribution in [3.8, 4) is 0 Å². The Kier molecular flexibility index (Phi) is 1.28. The molecule has 0 spiro atoms. The molecule has 0 atom stereocenters. The topological polar surface area (TPSA) is 30.6 Å². The van der Waals surface area contributed by atoms with Gasteiger partial charge in [-0.1, -0.05) is 18.2 Å². The Morgan fingerprint density at radius 1 is 1.25 bits per heavy atom. The van der Waals surface area contributed by atoms with Crippen molar-refractivity contribution in [3.05, 3.63) is 35.4 Å². The molecule has 2 nitrogen and oxygen atoms in total. The van der Waals surface area contributed by atoms with E-state index in [-0.39, 0.29) is 11.6 Å². The van der Waals surface area contributed by atoms with Crippen LogP contribution in [0, 0.1) is 0 Å². The first-order valence-electron chi connectivity index (χ1n) is 3.96. The van der Waals surface area contributed by atoms with E-state index in [1.54, 1.807) is 0 Å². The van der Waals surface area contributed by atoms with E-state index in [9.17, 15) is 4.79 Å². The van der Waals surface area contributed by atoms with E-state index in [0.29, 0.717) is 0 Å².